The Labute approximate surface area is 123 Å². The number of amides is 1. The molecule has 2 rings (SSSR count). The van der Waals surface area contributed by atoms with Gasteiger partial charge in [-0.05, 0) is 24.6 Å². The maximum Gasteiger partial charge on any atom is 0.306 e. The van der Waals surface area contributed by atoms with Crippen LogP contribution in [-0.2, 0) is 14.3 Å². The summed E-state index contributed by atoms with van der Waals surface area (Å²) in [5.41, 5.74) is 0.509. The summed E-state index contributed by atoms with van der Waals surface area (Å²) in [7, 11) is 1.60. The zero-order valence-electron chi connectivity index (χ0n) is 12.0. The van der Waals surface area contributed by atoms with E-state index in [4.69, 9.17) is 14.2 Å². The minimum atomic E-state index is -0.220. The van der Waals surface area contributed by atoms with E-state index >= 15 is 0 Å². The number of esters is 1. The summed E-state index contributed by atoms with van der Waals surface area (Å²) in [4.78, 5) is 23.0. The van der Waals surface area contributed by atoms with Crippen LogP contribution in [0.1, 0.15) is 23.2 Å². The van der Waals surface area contributed by atoms with E-state index in [2.05, 4.69) is 5.32 Å². The van der Waals surface area contributed by atoms with Crippen molar-refractivity contribution in [2.45, 2.75) is 18.9 Å². The molecule has 1 fully saturated rings. The molecule has 0 radical (unpaired) electrons. The third-order valence-corrected chi connectivity index (χ3v) is 3.11. The highest BCUT2D eigenvalue weighted by molar-refractivity contribution is 5.94. The van der Waals surface area contributed by atoms with Gasteiger partial charge in [-0.2, -0.15) is 0 Å². The number of nitrogens with one attached hydrogen (secondary N) is 1. The van der Waals surface area contributed by atoms with Gasteiger partial charge in [0, 0.05) is 19.1 Å². The molecular weight excluding hydrogens is 274 g/mol. The summed E-state index contributed by atoms with van der Waals surface area (Å²) in [6.45, 7) is 1.25. The van der Waals surface area contributed by atoms with Gasteiger partial charge in [-0.1, -0.05) is 6.07 Å². The topological polar surface area (TPSA) is 73.9 Å². The zero-order valence-corrected chi connectivity index (χ0v) is 12.0. The molecule has 1 unspecified atom stereocenters. The van der Waals surface area contributed by atoms with Gasteiger partial charge in [0.1, 0.15) is 18.5 Å². The maximum absolute atomic E-state index is 12.0. The second kappa shape index (κ2) is 7.64. The summed E-state index contributed by atoms with van der Waals surface area (Å²) in [6.07, 6.45) is 0.852. The SMILES string of the molecule is COCCOc1cccc(C(=O)NCC2CCC(=O)O2)c1. The Morgan fingerprint density at radius 3 is 3.00 bits per heavy atom. The molecule has 1 N–H and O–H groups in total. The molecule has 1 aliphatic heterocycles. The fraction of sp³-hybridized carbons (Fsp3) is 0.467. The molecule has 6 heteroatoms. The van der Waals surface area contributed by atoms with Crippen LogP contribution in [0, 0.1) is 0 Å². The van der Waals surface area contributed by atoms with Gasteiger partial charge < -0.3 is 19.5 Å². The molecule has 1 aromatic carbocycles. The summed E-state index contributed by atoms with van der Waals surface area (Å²) in [5.74, 6) is 0.199. The third kappa shape index (κ3) is 4.75. The Morgan fingerprint density at radius 1 is 1.43 bits per heavy atom. The molecule has 0 bridgehead atoms. The number of carbonyl (C=O) groups excluding carboxylic acids is 2. The highest BCUT2D eigenvalue weighted by atomic mass is 16.5. The van der Waals surface area contributed by atoms with Crippen molar-refractivity contribution in [1.29, 1.82) is 0 Å². The fourth-order valence-corrected chi connectivity index (χ4v) is 2.00. The first-order valence-electron chi connectivity index (χ1n) is 6.88. The van der Waals surface area contributed by atoms with Gasteiger partial charge in [0.05, 0.1) is 13.2 Å². The molecule has 1 saturated heterocycles. The molecule has 6 nitrogen and oxygen atoms in total. The summed E-state index contributed by atoms with van der Waals surface area (Å²) in [5, 5.41) is 2.76. The average molecular weight is 293 g/mol. The van der Waals surface area contributed by atoms with Crippen LogP contribution < -0.4 is 10.1 Å². The predicted molar refractivity (Wildman–Crippen MR) is 75.3 cm³/mol. The lowest BCUT2D eigenvalue weighted by Gasteiger charge is -2.11. The van der Waals surface area contributed by atoms with Gasteiger partial charge in [-0.15, -0.1) is 0 Å². The summed E-state index contributed by atoms with van der Waals surface area (Å²) in [6, 6.07) is 6.92. The van der Waals surface area contributed by atoms with Crippen LogP contribution in [0.25, 0.3) is 0 Å². The number of hydrogen-bond acceptors (Lipinski definition) is 5. The molecule has 21 heavy (non-hydrogen) atoms. The molecule has 1 aliphatic rings. The van der Waals surface area contributed by atoms with Crippen molar-refractivity contribution in [3.05, 3.63) is 29.8 Å². The Kier molecular flexibility index (Phi) is 5.57. The summed E-state index contributed by atoms with van der Waals surface area (Å²) >= 11 is 0. The molecule has 0 aliphatic carbocycles. The Morgan fingerprint density at radius 2 is 2.29 bits per heavy atom. The van der Waals surface area contributed by atoms with Gasteiger partial charge in [0.25, 0.3) is 5.91 Å². The average Bonchev–Trinajstić information content (AvgIpc) is 2.91. The molecule has 1 atom stereocenters. The monoisotopic (exact) mass is 293 g/mol. The van der Waals surface area contributed by atoms with Crippen LogP contribution in [0.2, 0.25) is 0 Å². The van der Waals surface area contributed by atoms with Crippen LogP contribution in [0.3, 0.4) is 0 Å². The quantitative estimate of drug-likeness (QED) is 0.603. The van der Waals surface area contributed by atoms with E-state index in [-0.39, 0.29) is 18.0 Å². The second-order valence-corrected chi connectivity index (χ2v) is 4.73. The maximum atomic E-state index is 12.0. The van der Waals surface area contributed by atoms with Crippen LogP contribution >= 0.6 is 0 Å². The predicted octanol–water partition coefficient (Wildman–Crippen LogP) is 1.15. The molecule has 0 aromatic heterocycles. The molecular formula is C15H19NO5. The largest absolute Gasteiger partial charge is 0.491 e. The smallest absolute Gasteiger partial charge is 0.306 e. The van der Waals surface area contributed by atoms with Crippen molar-refractivity contribution in [3.8, 4) is 5.75 Å². The second-order valence-electron chi connectivity index (χ2n) is 4.73. The summed E-state index contributed by atoms with van der Waals surface area (Å²) < 4.78 is 15.4. The van der Waals surface area contributed by atoms with Gasteiger partial charge in [-0.25, -0.2) is 0 Å². The fourth-order valence-electron chi connectivity index (χ4n) is 2.00. The number of carbonyl (C=O) groups is 2. The van der Waals surface area contributed by atoms with Crippen LogP contribution in [0.4, 0.5) is 0 Å². The van der Waals surface area contributed by atoms with E-state index in [1.165, 1.54) is 0 Å². The number of rotatable bonds is 7. The normalized spacial score (nSPS) is 17.4. The van der Waals surface area contributed by atoms with Crippen molar-refractivity contribution in [1.82, 2.24) is 5.32 Å². The van der Waals surface area contributed by atoms with Crippen molar-refractivity contribution < 1.29 is 23.8 Å². The van der Waals surface area contributed by atoms with Gasteiger partial charge in [0.15, 0.2) is 0 Å². The van der Waals surface area contributed by atoms with E-state index in [9.17, 15) is 9.59 Å². The third-order valence-electron chi connectivity index (χ3n) is 3.11. The Balaban J connectivity index is 1.83. The molecule has 0 saturated carbocycles. The first kappa shape index (κ1) is 15.3. The molecule has 114 valence electrons. The molecule has 0 spiro atoms. The first-order chi connectivity index (χ1) is 10.2. The van der Waals surface area contributed by atoms with Crippen LogP contribution in [-0.4, -0.2) is 44.8 Å². The zero-order chi connectivity index (χ0) is 15.1. The lowest BCUT2D eigenvalue weighted by atomic mass is 10.2. The van der Waals surface area contributed by atoms with Gasteiger partial charge in [0.2, 0.25) is 0 Å². The van der Waals surface area contributed by atoms with E-state index < -0.39 is 0 Å². The van der Waals surface area contributed by atoms with Crippen LogP contribution in [0.15, 0.2) is 24.3 Å². The Bertz CT molecular complexity index is 503. The molecule has 1 heterocycles. The van der Waals surface area contributed by atoms with Crippen LogP contribution in [0.5, 0.6) is 5.75 Å². The van der Waals surface area contributed by atoms with Gasteiger partial charge in [-0.3, -0.25) is 9.59 Å². The number of ether oxygens (including phenoxy) is 3. The number of cyclic esters (lactones) is 1. The molecule has 1 amide bonds. The highest BCUT2D eigenvalue weighted by Crippen LogP contribution is 2.15. The van der Waals surface area contributed by atoms with E-state index in [1.807, 2.05) is 0 Å². The first-order valence-corrected chi connectivity index (χ1v) is 6.88. The van der Waals surface area contributed by atoms with Crippen molar-refractivity contribution in [2.75, 3.05) is 26.9 Å². The van der Waals surface area contributed by atoms with E-state index in [1.54, 1.807) is 31.4 Å². The highest BCUT2D eigenvalue weighted by Gasteiger charge is 2.23. The number of hydrogen-bond donors (Lipinski definition) is 1. The number of benzene rings is 1. The number of methoxy groups -OCH3 is 1. The Hall–Kier alpha value is -2.08. The lowest BCUT2D eigenvalue weighted by Crippen LogP contribution is -2.32. The van der Waals surface area contributed by atoms with Crippen molar-refractivity contribution in [3.63, 3.8) is 0 Å². The van der Waals surface area contributed by atoms with E-state index in [0.717, 1.165) is 0 Å². The van der Waals surface area contributed by atoms with Crippen molar-refractivity contribution >= 4 is 11.9 Å². The minimum absolute atomic E-state index is 0.206. The standard InChI is InChI=1S/C15H19NO5/c1-19-7-8-20-12-4-2-3-11(9-12)15(18)16-10-13-5-6-14(17)21-13/h2-4,9,13H,5-8,10H2,1H3,(H,16,18). The van der Waals surface area contributed by atoms with Crippen molar-refractivity contribution in [2.24, 2.45) is 0 Å². The lowest BCUT2D eigenvalue weighted by molar-refractivity contribution is -0.141. The minimum Gasteiger partial charge on any atom is -0.491 e. The van der Waals surface area contributed by atoms with Gasteiger partial charge >= 0.3 is 5.97 Å². The van der Waals surface area contributed by atoms with E-state index in [0.29, 0.717) is 43.9 Å². The molecule has 1 aromatic rings.